The number of ether oxygens (including phenoxy) is 1. The third-order valence-electron chi connectivity index (χ3n) is 2.59. The normalized spacial score (nSPS) is 15.2. The SMILES string of the molecule is CC(C)c1cc(Br)cc2c1OCCCN2. The van der Waals surface area contributed by atoms with Gasteiger partial charge in [-0.25, -0.2) is 0 Å². The lowest BCUT2D eigenvalue weighted by atomic mass is 10.0. The Labute approximate surface area is 99.1 Å². The van der Waals surface area contributed by atoms with Crippen LogP contribution in [0.25, 0.3) is 0 Å². The molecule has 0 aromatic heterocycles. The van der Waals surface area contributed by atoms with Crippen LogP contribution in [0.4, 0.5) is 5.69 Å². The van der Waals surface area contributed by atoms with E-state index in [-0.39, 0.29) is 0 Å². The second-order valence-corrected chi connectivity index (χ2v) is 5.07. The number of rotatable bonds is 1. The van der Waals surface area contributed by atoms with E-state index in [4.69, 9.17) is 4.74 Å². The second kappa shape index (κ2) is 4.44. The molecule has 0 atom stereocenters. The van der Waals surface area contributed by atoms with Crippen LogP contribution >= 0.6 is 15.9 Å². The third kappa shape index (κ3) is 2.28. The topological polar surface area (TPSA) is 21.3 Å². The Balaban J connectivity index is 2.50. The van der Waals surface area contributed by atoms with Crippen molar-refractivity contribution in [1.82, 2.24) is 0 Å². The number of hydrogen-bond donors (Lipinski definition) is 1. The fraction of sp³-hybridized carbons (Fsp3) is 0.500. The molecule has 2 rings (SSSR count). The van der Waals surface area contributed by atoms with Crippen molar-refractivity contribution in [2.75, 3.05) is 18.5 Å². The largest absolute Gasteiger partial charge is 0.491 e. The summed E-state index contributed by atoms with van der Waals surface area (Å²) in [7, 11) is 0. The minimum atomic E-state index is 0.483. The van der Waals surface area contributed by atoms with Crippen LogP contribution in [0.5, 0.6) is 5.75 Å². The second-order valence-electron chi connectivity index (χ2n) is 4.16. The molecule has 1 heterocycles. The van der Waals surface area contributed by atoms with E-state index in [2.05, 4.69) is 47.2 Å². The molecule has 0 unspecified atom stereocenters. The highest BCUT2D eigenvalue weighted by atomic mass is 79.9. The van der Waals surface area contributed by atoms with Gasteiger partial charge in [0.2, 0.25) is 0 Å². The predicted molar refractivity (Wildman–Crippen MR) is 66.8 cm³/mol. The van der Waals surface area contributed by atoms with Crippen molar-refractivity contribution in [1.29, 1.82) is 0 Å². The van der Waals surface area contributed by atoms with Crippen LogP contribution in [0.3, 0.4) is 0 Å². The quantitative estimate of drug-likeness (QED) is 0.838. The summed E-state index contributed by atoms with van der Waals surface area (Å²) in [6, 6.07) is 4.24. The summed E-state index contributed by atoms with van der Waals surface area (Å²) >= 11 is 3.54. The maximum Gasteiger partial charge on any atom is 0.145 e. The first-order chi connectivity index (χ1) is 7.18. The molecular weight excluding hydrogens is 254 g/mol. The van der Waals surface area contributed by atoms with E-state index in [9.17, 15) is 0 Å². The summed E-state index contributed by atoms with van der Waals surface area (Å²) in [5.74, 6) is 1.52. The average Bonchev–Trinajstić information content (AvgIpc) is 2.41. The van der Waals surface area contributed by atoms with Crippen molar-refractivity contribution in [3.05, 3.63) is 22.2 Å². The molecule has 1 N–H and O–H groups in total. The lowest BCUT2D eigenvalue weighted by Gasteiger charge is -2.16. The van der Waals surface area contributed by atoms with E-state index in [0.29, 0.717) is 5.92 Å². The molecular formula is C12H16BrNO. The molecule has 1 aliphatic heterocycles. The fourth-order valence-corrected chi connectivity index (χ4v) is 2.28. The Bertz CT molecular complexity index is 363. The minimum Gasteiger partial charge on any atom is -0.491 e. The maximum absolute atomic E-state index is 5.81. The average molecular weight is 270 g/mol. The highest BCUT2D eigenvalue weighted by molar-refractivity contribution is 9.10. The lowest BCUT2D eigenvalue weighted by molar-refractivity contribution is 0.318. The van der Waals surface area contributed by atoms with Gasteiger partial charge in [-0.1, -0.05) is 29.8 Å². The van der Waals surface area contributed by atoms with Gasteiger partial charge in [-0.15, -0.1) is 0 Å². The van der Waals surface area contributed by atoms with Crippen molar-refractivity contribution in [2.24, 2.45) is 0 Å². The van der Waals surface area contributed by atoms with E-state index < -0.39 is 0 Å². The van der Waals surface area contributed by atoms with Crippen molar-refractivity contribution in [3.8, 4) is 5.75 Å². The van der Waals surface area contributed by atoms with Gasteiger partial charge in [0, 0.05) is 11.0 Å². The van der Waals surface area contributed by atoms with Crippen molar-refractivity contribution < 1.29 is 4.74 Å². The van der Waals surface area contributed by atoms with Crippen LogP contribution < -0.4 is 10.1 Å². The molecule has 3 heteroatoms. The molecule has 0 saturated heterocycles. The van der Waals surface area contributed by atoms with E-state index in [0.717, 1.165) is 35.5 Å². The molecule has 0 aliphatic carbocycles. The summed E-state index contributed by atoms with van der Waals surface area (Å²) in [6.07, 6.45) is 1.06. The van der Waals surface area contributed by atoms with Crippen LogP contribution in [0, 0.1) is 0 Å². The Morgan fingerprint density at radius 2 is 2.20 bits per heavy atom. The van der Waals surface area contributed by atoms with Gasteiger partial charge in [-0.3, -0.25) is 0 Å². The molecule has 1 aromatic rings. The van der Waals surface area contributed by atoms with Gasteiger partial charge in [0.1, 0.15) is 5.75 Å². The molecule has 0 radical (unpaired) electrons. The predicted octanol–water partition coefficient (Wildman–Crippen LogP) is 3.77. The van der Waals surface area contributed by atoms with Crippen LogP contribution in [0.15, 0.2) is 16.6 Å². The number of anilines is 1. The molecule has 0 spiro atoms. The fourth-order valence-electron chi connectivity index (χ4n) is 1.81. The van der Waals surface area contributed by atoms with Crippen LogP contribution in [-0.4, -0.2) is 13.2 Å². The summed E-state index contributed by atoms with van der Waals surface area (Å²) in [5.41, 5.74) is 2.39. The molecule has 15 heavy (non-hydrogen) atoms. The molecule has 0 amide bonds. The molecule has 1 aromatic carbocycles. The summed E-state index contributed by atoms with van der Waals surface area (Å²) in [6.45, 7) is 6.18. The first-order valence-electron chi connectivity index (χ1n) is 5.38. The van der Waals surface area contributed by atoms with E-state index in [1.54, 1.807) is 0 Å². The van der Waals surface area contributed by atoms with Crippen molar-refractivity contribution in [3.63, 3.8) is 0 Å². The summed E-state index contributed by atoms with van der Waals surface area (Å²) in [4.78, 5) is 0. The zero-order chi connectivity index (χ0) is 10.8. The van der Waals surface area contributed by atoms with Gasteiger partial charge in [-0.2, -0.15) is 0 Å². The number of benzene rings is 1. The zero-order valence-corrected chi connectivity index (χ0v) is 10.7. The maximum atomic E-state index is 5.81. The smallest absolute Gasteiger partial charge is 0.145 e. The van der Waals surface area contributed by atoms with Crippen molar-refractivity contribution >= 4 is 21.6 Å². The first-order valence-corrected chi connectivity index (χ1v) is 6.18. The number of halogens is 1. The molecule has 0 saturated carbocycles. The van der Waals surface area contributed by atoms with Gasteiger partial charge >= 0.3 is 0 Å². The number of nitrogens with one attached hydrogen (secondary N) is 1. The van der Waals surface area contributed by atoms with Gasteiger partial charge in [0.15, 0.2) is 0 Å². The van der Waals surface area contributed by atoms with Gasteiger partial charge in [0.25, 0.3) is 0 Å². The molecule has 82 valence electrons. The molecule has 0 bridgehead atoms. The first kappa shape index (κ1) is 10.8. The minimum absolute atomic E-state index is 0.483. The highest BCUT2D eigenvalue weighted by Gasteiger charge is 2.16. The van der Waals surface area contributed by atoms with Gasteiger partial charge in [0.05, 0.1) is 12.3 Å². The van der Waals surface area contributed by atoms with Gasteiger partial charge in [-0.05, 0) is 30.0 Å². The van der Waals surface area contributed by atoms with Gasteiger partial charge < -0.3 is 10.1 Å². The Hall–Kier alpha value is -0.700. The summed E-state index contributed by atoms with van der Waals surface area (Å²) in [5, 5.41) is 3.41. The number of fused-ring (bicyclic) bond motifs is 1. The monoisotopic (exact) mass is 269 g/mol. The van der Waals surface area contributed by atoms with Crippen LogP contribution in [-0.2, 0) is 0 Å². The Morgan fingerprint density at radius 3 is 2.93 bits per heavy atom. The Morgan fingerprint density at radius 1 is 1.40 bits per heavy atom. The van der Waals surface area contributed by atoms with Crippen LogP contribution in [0.2, 0.25) is 0 Å². The van der Waals surface area contributed by atoms with E-state index >= 15 is 0 Å². The molecule has 0 fully saturated rings. The summed E-state index contributed by atoms with van der Waals surface area (Å²) < 4.78 is 6.93. The number of hydrogen-bond acceptors (Lipinski definition) is 2. The molecule has 1 aliphatic rings. The molecule has 2 nitrogen and oxygen atoms in total. The zero-order valence-electron chi connectivity index (χ0n) is 9.14. The lowest BCUT2D eigenvalue weighted by Crippen LogP contribution is -2.00. The van der Waals surface area contributed by atoms with Crippen molar-refractivity contribution in [2.45, 2.75) is 26.2 Å². The standard InChI is InChI=1S/C12H16BrNO/c1-8(2)10-6-9(13)7-11-12(10)15-5-3-4-14-11/h6-8,14H,3-5H2,1-2H3. The van der Waals surface area contributed by atoms with E-state index in [1.807, 2.05) is 0 Å². The highest BCUT2D eigenvalue weighted by Crippen LogP contribution is 2.38. The third-order valence-corrected chi connectivity index (χ3v) is 3.05. The van der Waals surface area contributed by atoms with Crippen LogP contribution in [0.1, 0.15) is 31.7 Å². The van der Waals surface area contributed by atoms with E-state index in [1.165, 1.54) is 5.56 Å². The Kier molecular flexibility index (Phi) is 3.19.